The van der Waals surface area contributed by atoms with Gasteiger partial charge in [0.2, 0.25) is 5.89 Å². The maximum atomic E-state index is 13.0. The van der Waals surface area contributed by atoms with Crippen molar-refractivity contribution < 1.29 is 9.21 Å². The van der Waals surface area contributed by atoms with Crippen LogP contribution in [0.3, 0.4) is 0 Å². The van der Waals surface area contributed by atoms with E-state index in [0.717, 1.165) is 59.3 Å². The van der Waals surface area contributed by atoms with E-state index < -0.39 is 0 Å². The summed E-state index contributed by atoms with van der Waals surface area (Å²) in [5, 5.41) is 15.8. The number of amides is 1. The van der Waals surface area contributed by atoms with E-state index in [9.17, 15) is 4.79 Å². The summed E-state index contributed by atoms with van der Waals surface area (Å²) < 4.78 is 7.51. The molecule has 6 rings (SSSR count). The Kier molecular flexibility index (Phi) is 7.03. The number of carbonyl (C=O) groups excluding carboxylic acids is 1. The van der Waals surface area contributed by atoms with Crippen LogP contribution in [0.25, 0.3) is 33.8 Å². The summed E-state index contributed by atoms with van der Waals surface area (Å²) in [5.41, 5.74) is 7.50. The topological polar surface area (TPSA) is 127 Å². The van der Waals surface area contributed by atoms with Crippen LogP contribution in [0.4, 0.5) is 0 Å². The number of hydrogen-bond donors (Lipinski definition) is 2. The third-order valence-electron chi connectivity index (χ3n) is 7.33. The van der Waals surface area contributed by atoms with Gasteiger partial charge in [-0.3, -0.25) is 9.48 Å². The second-order valence-corrected chi connectivity index (χ2v) is 11.3. The van der Waals surface area contributed by atoms with E-state index in [1.54, 1.807) is 6.20 Å². The highest BCUT2D eigenvalue weighted by Crippen LogP contribution is 2.35. The minimum atomic E-state index is -0.342. The van der Waals surface area contributed by atoms with Gasteiger partial charge in [-0.1, -0.05) is 52.8 Å². The van der Waals surface area contributed by atoms with E-state index >= 15 is 0 Å². The molecule has 10 heteroatoms. The first kappa shape index (κ1) is 27.2. The Hall–Kier alpha value is -4.34. The monoisotopic (exact) mass is 540 g/mol. The molecule has 40 heavy (non-hydrogen) atoms. The number of fused-ring (bicyclic) bond motifs is 2. The van der Waals surface area contributed by atoms with Crippen LogP contribution in [0.15, 0.2) is 40.9 Å². The van der Waals surface area contributed by atoms with Gasteiger partial charge in [0.15, 0.2) is 11.5 Å². The molecule has 1 aliphatic carbocycles. The number of rotatable bonds is 4. The van der Waals surface area contributed by atoms with Gasteiger partial charge in [-0.15, -0.1) is 10.2 Å². The Labute approximate surface area is 233 Å². The highest BCUT2D eigenvalue weighted by molar-refractivity contribution is 5.92. The van der Waals surface area contributed by atoms with Crippen molar-refractivity contribution in [2.75, 3.05) is 0 Å². The summed E-state index contributed by atoms with van der Waals surface area (Å²) in [5.74, 6) is 0.800. The van der Waals surface area contributed by atoms with Crippen molar-refractivity contribution in [3.8, 4) is 22.6 Å². The Bertz CT molecular complexity index is 1670. The van der Waals surface area contributed by atoms with Crippen molar-refractivity contribution >= 4 is 17.1 Å². The summed E-state index contributed by atoms with van der Waals surface area (Å²) >= 11 is 0. The zero-order chi connectivity index (χ0) is 27.3. The predicted octanol–water partition coefficient (Wildman–Crippen LogP) is 5.85. The molecule has 4 aromatic heterocycles. The first-order valence-electron chi connectivity index (χ1n) is 13.3. The number of hydrogen-bond acceptors (Lipinski definition) is 7. The molecule has 0 saturated carbocycles. The van der Waals surface area contributed by atoms with Crippen LogP contribution in [-0.2, 0) is 18.9 Å². The number of aromatic amines is 1. The van der Waals surface area contributed by atoms with Crippen LogP contribution in [0, 0.1) is 6.92 Å². The van der Waals surface area contributed by atoms with E-state index in [0.29, 0.717) is 17.4 Å². The second-order valence-electron chi connectivity index (χ2n) is 11.3. The lowest BCUT2D eigenvalue weighted by Gasteiger charge is -2.19. The fraction of sp³-hybridized carbons (Fsp3) is 0.400. The Morgan fingerprint density at radius 3 is 2.70 bits per heavy atom. The molecule has 0 spiro atoms. The van der Waals surface area contributed by atoms with E-state index in [1.165, 1.54) is 5.56 Å². The van der Waals surface area contributed by atoms with Crippen molar-refractivity contribution in [1.29, 1.82) is 0 Å². The largest absolute Gasteiger partial charge is 0.416 e. The molecular formula is C30H36N8O2. The number of carbonyl (C=O) groups is 1. The van der Waals surface area contributed by atoms with Crippen LogP contribution in [0.2, 0.25) is 0 Å². The lowest BCUT2D eigenvalue weighted by molar-refractivity contribution is 0.0896. The van der Waals surface area contributed by atoms with Gasteiger partial charge < -0.3 is 14.7 Å². The van der Waals surface area contributed by atoms with Crippen LogP contribution >= 0.6 is 0 Å². The number of benzene rings is 1. The second kappa shape index (κ2) is 10.3. The molecule has 0 unspecified atom stereocenters. The van der Waals surface area contributed by atoms with Crippen LogP contribution in [0.1, 0.15) is 86.9 Å². The third kappa shape index (κ3) is 5.01. The molecule has 10 nitrogen and oxygen atoms in total. The maximum Gasteiger partial charge on any atom is 0.309 e. The summed E-state index contributed by atoms with van der Waals surface area (Å²) in [6.07, 6.45) is 5.65. The molecule has 0 bridgehead atoms. The molecule has 1 aromatic carbocycles. The van der Waals surface area contributed by atoms with Gasteiger partial charge in [0.05, 0.1) is 11.6 Å². The van der Waals surface area contributed by atoms with Crippen molar-refractivity contribution in [3.05, 3.63) is 65.1 Å². The van der Waals surface area contributed by atoms with Gasteiger partial charge in [0.1, 0.15) is 5.69 Å². The molecule has 4 heterocycles. The van der Waals surface area contributed by atoms with Gasteiger partial charge in [-0.25, -0.2) is 9.97 Å². The van der Waals surface area contributed by atoms with E-state index in [1.807, 2.05) is 51.6 Å². The minimum Gasteiger partial charge on any atom is -0.416 e. The third-order valence-corrected chi connectivity index (χ3v) is 7.33. The van der Waals surface area contributed by atoms with Gasteiger partial charge in [-0.05, 0) is 55.0 Å². The van der Waals surface area contributed by atoms with Gasteiger partial charge >= 0.3 is 11.8 Å². The number of imidazole rings is 1. The Morgan fingerprint density at radius 1 is 1.15 bits per heavy atom. The van der Waals surface area contributed by atoms with Gasteiger partial charge in [0, 0.05) is 29.9 Å². The smallest absolute Gasteiger partial charge is 0.309 e. The SMILES string of the molecule is C.Cc1cc(-c2nc3nccc(-c4ccc5c(c4)CCCC[C@H]5NC(=O)c4nnc(C(C)(C)C)o4)c3[nH]2)nn1C. The molecule has 0 saturated heterocycles. The highest BCUT2D eigenvalue weighted by Gasteiger charge is 2.27. The molecule has 0 aliphatic heterocycles. The fourth-order valence-corrected chi connectivity index (χ4v) is 5.09. The van der Waals surface area contributed by atoms with Crippen LogP contribution in [0.5, 0.6) is 0 Å². The fourth-order valence-electron chi connectivity index (χ4n) is 5.09. The number of pyridine rings is 1. The average Bonchev–Trinajstić information content (AvgIpc) is 3.61. The number of aryl methyl sites for hydroxylation is 3. The lowest BCUT2D eigenvalue weighted by atomic mass is 9.94. The summed E-state index contributed by atoms with van der Waals surface area (Å²) in [7, 11) is 1.92. The first-order chi connectivity index (χ1) is 18.7. The van der Waals surface area contributed by atoms with E-state index in [-0.39, 0.29) is 30.7 Å². The average molecular weight is 541 g/mol. The van der Waals surface area contributed by atoms with Crippen molar-refractivity contribution in [3.63, 3.8) is 0 Å². The van der Waals surface area contributed by atoms with Crippen molar-refractivity contribution in [1.82, 2.24) is 40.2 Å². The van der Waals surface area contributed by atoms with Crippen molar-refractivity contribution in [2.45, 2.75) is 72.3 Å². The summed E-state index contributed by atoms with van der Waals surface area (Å²) in [6, 6.07) is 10.3. The highest BCUT2D eigenvalue weighted by atomic mass is 16.4. The molecule has 208 valence electrons. The van der Waals surface area contributed by atoms with Gasteiger partial charge in [-0.2, -0.15) is 5.10 Å². The van der Waals surface area contributed by atoms with Crippen molar-refractivity contribution in [2.24, 2.45) is 7.05 Å². The summed E-state index contributed by atoms with van der Waals surface area (Å²) in [6.45, 7) is 7.93. The number of nitrogens with one attached hydrogen (secondary N) is 2. The molecule has 1 amide bonds. The van der Waals surface area contributed by atoms with E-state index in [2.05, 4.69) is 48.8 Å². The molecule has 5 aromatic rings. The molecule has 1 atom stereocenters. The zero-order valence-corrected chi connectivity index (χ0v) is 22.9. The number of aromatic nitrogens is 7. The van der Waals surface area contributed by atoms with E-state index in [4.69, 9.17) is 9.40 Å². The quantitative estimate of drug-likeness (QED) is 0.274. The van der Waals surface area contributed by atoms with Crippen LogP contribution < -0.4 is 5.32 Å². The molecule has 1 aliphatic rings. The predicted molar refractivity (Wildman–Crippen MR) is 154 cm³/mol. The molecule has 0 fully saturated rings. The van der Waals surface area contributed by atoms with Crippen LogP contribution in [-0.4, -0.2) is 40.8 Å². The lowest BCUT2D eigenvalue weighted by Crippen LogP contribution is -2.29. The molecular weight excluding hydrogens is 504 g/mol. The normalized spacial score (nSPS) is 15.4. The minimum absolute atomic E-state index is 0. The number of nitrogens with zero attached hydrogens (tertiary/aromatic N) is 6. The Morgan fingerprint density at radius 2 is 1.98 bits per heavy atom. The number of H-pyrrole nitrogens is 1. The summed E-state index contributed by atoms with van der Waals surface area (Å²) in [4.78, 5) is 25.7. The maximum absolute atomic E-state index is 13.0. The van der Waals surface area contributed by atoms with Gasteiger partial charge in [0.25, 0.3) is 0 Å². The zero-order valence-electron chi connectivity index (χ0n) is 22.9. The standard InChI is InChI=1S/C29H32N8O2.CH4/c1-16-14-22(36-37(16)5)24-32-23-20(12-13-30-25(23)33-24)18-10-11-19-17(15-18)8-6-7-9-21(19)31-26(38)27-34-35-28(39-27)29(2,3)4;/h10-15,21H,6-9H2,1-5H3,(H,31,38)(H,30,32,33);1H4/t21-;/m1./s1. The molecule has 0 radical (unpaired) electrons. The molecule has 2 N–H and O–H groups in total. The Balaban J connectivity index is 0.00000323. The first-order valence-corrected chi connectivity index (χ1v) is 13.3.